The monoisotopic (exact) mass is 354 g/mol. The number of alkyl halides is 2. The quantitative estimate of drug-likeness (QED) is 0.860. The van der Waals surface area contributed by atoms with E-state index in [1.165, 1.54) is 25.3 Å². The minimum Gasteiger partial charge on any atom is -0.395 e. The first kappa shape index (κ1) is 17.0. The average molecular weight is 354 g/mol. The minimum atomic E-state index is -3.76. The fraction of sp³-hybridized carbons (Fsp3) is 0.333. The zero-order valence-corrected chi connectivity index (χ0v) is 13.5. The van der Waals surface area contributed by atoms with Gasteiger partial charge in [0.05, 0.1) is 24.0 Å². The molecule has 0 fully saturated rings. The van der Waals surface area contributed by atoms with Gasteiger partial charge in [-0.25, -0.2) is 4.79 Å². The normalized spacial score (nSPS) is 15.7. The number of nitrogens with zero attached hydrogens (tertiary/aromatic N) is 2. The van der Waals surface area contributed by atoms with Crippen molar-refractivity contribution in [3.05, 3.63) is 36.2 Å². The number of benzene rings is 1. The molecule has 0 radical (unpaired) electrons. The predicted octanol–water partition coefficient (Wildman–Crippen LogP) is 2.25. The maximum Gasteiger partial charge on any atom is 0.586 e. The molecular weight excluding hydrogens is 338 g/mol. The first-order valence-electron chi connectivity index (χ1n) is 7.33. The second kappa shape index (κ2) is 6.55. The van der Waals surface area contributed by atoms with Crippen LogP contribution >= 0.6 is 0 Å². The van der Waals surface area contributed by atoms with Crippen molar-refractivity contribution in [1.29, 1.82) is 0 Å². The van der Waals surface area contributed by atoms with Crippen molar-refractivity contribution in [3.8, 4) is 11.5 Å². The van der Waals surface area contributed by atoms with Crippen LogP contribution in [0.5, 0.6) is 11.5 Å². The highest BCUT2D eigenvalue weighted by atomic mass is 19.3. The second-order valence-electron chi connectivity index (χ2n) is 5.29. The van der Waals surface area contributed by atoms with Gasteiger partial charge in [-0.2, -0.15) is 5.10 Å². The molecule has 1 aliphatic heterocycles. The van der Waals surface area contributed by atoms with Crippen LogP contribution in [0, 0.1) is 0 Å². The number of hydrogen-bond donors (Lipinski definition) is 2. The lowest BCUT2D eigenvalue weighted by Gasteiger charge is -2.19. The summed E-state index contributed by atoms with van der Waals surface area (Å²) < 4.78 is 41.9. The van der Waals surface area contributed by atoms with E-state index in [0.29, 0.717) is 0 Å². The van der Waals surface area contributed by atoms with Gasteiger partial charge in [-0.05, 0) is 18.2 Å². The molecule has 0 saturated carbocycles. The molecule has 1 atom stereocenters. The Morgan fingerprint density at radius 2 is 2.20 bits per heavy atom. The number of amides is 2. The lowest BCUT2D eigenvalue weighted by molar-refractivity contribution is -0.286. The van der Waals surface area contributed by atoms with Gasteiger partial charge in [0.1, 0.15) is 0 Å². The van der Waals surface area contributed by atoms with Crippen molar-refractivity contribution in [3.63, 3.8) is 0 Å². The number of carbonyl (C=O) groups excluding carboxylic acids is 1. The van der Waals surface area contributed by atoms with Crippen LogP contribution in [0.3, 0.4) is 0 Å². The molecule has 2 N–H and O–H groups in total. The van der Waals surface area contributed by atoms with Crippen molar-refractivity contribution >= 4 is 11.7 Å². The number of carbonyl (C=O) groups is 1. The zero-order valence-electron chi connectivity index (χ0n) is 13.5. The van der Waals surface area contributed by atoms with Gasteiger partial charge >= 0.3 is 12.3 Å². The number of aromatic nitrogens is 2. The number of ether oxygens (including phenoxy) is 3. The Kier molecular flexibility index (Phi) is 4.45. The summed E-state index contributed by atoms with van der Waals surface area (Å²) in [6.07, 6.45) is -2.17. The average Bonchev–Trinajstić information content (AvgIpc) is 3.09. The highest BCUT2D eigenvalue weighted by Gasteiger charge is 2.44. The Labute approximate surface area is 141 Å². The summed E-state index contributed by atoms with van der Waals surface area (Å²) >= 11 is 0. The molecule has 0 spiro atoms. The lowest BCUT2D eigenvalue weighted by Crippen LogP contribution is -2.36. The van der Waals surface area contributed by atoms with Gasteiger partial charge in [0.2, 0.25) is 0 Å². The molecule has 2 heterocycles. The van der Waals surface area contributed by atoms with Crippen molar-refractivity contribution in [1.82, 2.24) is 15.1 Å². The van der Waals surface area contributed by atoms with Crippen LogP contribution in [-0.4, -0.2) is 35.8 Å². The summed E-state index contributed by atoms with van der Waals surface area (Å²) in [6, 6.07) is 4.86. The Bertz CT molecular complexity index is 781. The molecule has 2 aromatic rings. The van der Waals surface area contributed by atoms with Crippen LogP contribution < -0.4 is 20.1 Å². The molecule has 8 nitrogen and oxygen atoms in total. The molecule has 0 saturated heterocycles. The van der Waals surface area contributed by atoms with E-state index >= 15 is 0 Å². The Morgan fingerprint density at radius 1 is 1.40 bits per heavy atom. The van der Waals surface area contributed by atoms with Gasteiger partial charge in [-0.1, -0.05) is 6.07 Å². The molecule has 1 aliphatic rings. The third kappa shape index (κ3) is 3.63. The number of methoxy groups -OCH3 is 1. The van der Waals surface area contributed by atoms with Crippen molar-refractivity contribution in [2.45, 2.75) is 12.3 Å². The van der Waals surface area contributed by atoms with Crippen molar-refractivity contribution in [2.24, 2.45) is 7.05 Å². The topological polar surface area (TPSA) is 86.6 Å². The van der Waals surface area contributed by atoms with Gasteiger partial charge in [0.25, 0.3) is 0 Å². The maximum atomic E-state index is 13.2. The number of hydrogen-bond acceptors (Lipinski definition) is 5. The summed E-state index contributed by atoms with van der Waals surface area (Å²) in [4.78, 5) is 12.3. The predicted molar refractivity (Wildman–Crippen MR) is 82.6 cm³/mol. The highest BCUT2D eigenvalue weighted by molar-refractivity contribution is 5.92. The number of nitrogens with one attached hydrogen (secondary N) is 2. The number of rotatable bonds is 5. The summed E-state index contributed by atoms with van der Waals surface area (Å²) in [7, 11) is 3.23. The summed E-state index contributed by atoms with van der Waals surface area (Å²) in [5, 5.41) is 9.22. The van der Waals surface area contributed by atoms with E-state index in [4.69, 9.17) is 4.74 Å². The molecule has 1 aromatic heterocycles. The largest absolute Gasteiger partial charge is 0.586 e. The van der Waals surface area contributed by atoms with Crippen LogP contribution in [0.15, 0.2) is 30.5 Å². The van der Waals surface area contributed by atoms with E-state index in [1.807, 2.05) is 0 Å². The zero-order chi connectivity index (χ0) is 18.0. The molecule has 25 heavy (non-hydrogen) atoms. The van der Waals surface area contributed by atoms with Crippen molar-refractivity contribution < 1.29 is 27.8 Å². The fourth-order valence-corrected chi connectivity index (χ4v) is 2.48. The summed E-state index contributed by atoms with van der Waals surface area (Å²) in [6.45, 7) is 0.206. The molecule has 10 heteroatoms. The number of para-hydroxylation sites is 1. The third-order valence-corrected chi connectivity index (χ3v) is 3.53. The van der Waals surface area contributed by atoms with Crippen molar-refractivity contribution in [2.75, 3.05) is 19.0 Å². The molecule has 1 aromatic carbocycles. The number of aryl methyl sites for hydroxylation is 1. The minimum absolute atomic E-state index is 0.0633. The van der Waals surface area contributed by atoms with E-state index in [-0.39, 0.29) is 23.8 Å². The third-order valence-electron chi connectivity index (χ3n) is 3.53. The Morgan fingerprint density at radius 3 is 2.88 bits per heavy atom. The van der Waals surface area contributed by atoms with Gasteiger partial charge in [0.15, 0.2) is 11.5 Å². The maximum absolute atomic E-state index is 13.2. The van der Waals surface area contributed by atoms with Gasteiger partial charge < -0.3 is 24.8 Å². The smallest absolute Gasteiger partial charge is 0.395 e. The van der Waals surface area contributed by atoms with E-state index in [1.54, 1.807) is 24.0 Å². The van der Waals surface area contributed by atoms with Gasteiger partial charge in [0, 0.05) is 20.4 Å². The first-order valence-corrected chi connectivity index (χ1v) is 7.33. The summed E-state index contributed by atoms with van der Waals surface area (Å²) in [5.74, 6) is -0.380. The fourth-order valence-electron chi connectivity index (χ4n) is 2.48. The molecular formula is C15H16F2N4O4. The number of fused-ring (bicyclic) bond motifs is 1. The molecule has 0 bridgehead atoms. The number of halogens is 2. The van der Waals surface area contributed by atoms with E-state index in [9.17, 15) is 13.6 Å². The van der Waals surface area contributed by atoms with Gasteiger partial charge in [-0.3, -0.25) is 4.68 Å². The molecule has 1 unspecified atom stereocenters. The molecule has 2 amide bonds. The molecule has 3 rings (SSSR count). The van der Waals surface area contributed by atoms with E-state index in [2.05, 4.69) is 25.2 Å². The first-order chi connectivity index (χ1) is 11.9. The summed E-state index contributed by atoms with van der Waals surface area (Å²) in [5.41, 5.74) is 0.787. The van der Waals surface area contributed by atoms with E-state index in [0.717, 1.165) is 5.69 Å². The van der Waals surface area contributed by atoms with Crippen LogP contribution in [0.25, 0.3) is 0 Å². The van der Waals surface area contributed by atoms with Gasteiger partial charge in [-0.15, -0.1) is 8.78 Å². The second-order valence-corrected chi connectivity index (χ2v) is 5.29. The highest BCUT2D eigenvalue weighted by Crippen LogP contribution is 2.45. The Balaban J connectivity index is 1.73. The van der Waals surface area contributed by atoms with Crippen LogP contribution in [0.2, 0.25) is 0 Å². The lowest BCUT2D eigenvalue weighted by atomic mass is 10.2. The SMILES string of the molecule is COCC(NC(=O)Nc1cccc2c1OC(F)(F)O2)c1ccnn1C. The molecule has 134 valence electrons. The van der Waals surface area contributed by atoms with Crippen LogP contribution in [0.1, 0.15) is 11.7 Å². The Hall–Kier alpha value is -2.88. The van der Waals surface area contributed by atoms with Crippen LogP contribution in [-0.2, 0) is 11.8 Å². The number of urea groups is 1. The van der Waals surface area contributed by atoms with E-state index < -0.39 is 18.4 Å². The number of anilines is 1. The molecule has 0 aliphatic carbocycles. The standard InChI is InChI=1S/C15H16F2N4O4/c1-21-11(6-7-18-21)10(8-23-2)20-14(22)19-9-4-3-5-12-13(9)25-15(16,17)24-12/h3-7,10H,8H2,1-2H3,(H2,19,20,22). The van der Waals surface area contributed by atoms with Crippen LogP contribution in [0.4, 0.5) is 19.3 Å².